The van der Waals surface area contributed by atoms with E-state index in [-0.39, 0.29) is 30.6 Å². The Labute approximate surface area is 283 Å². The van der Waals surface area contributed by atoms with Crippen molar-refractivity contribution in [3.63, 3.8) is 0 Å². The van der Waals surface area contributed by atoms with Crippen LogP contribution < -0.4 is 16.0 Å². The number of alkyl halides is 1. The first-order valence-electron chi connectivity index (χ1n) is 17.1. The monoisotopic (exact) mass is 675 g/mol. The molecule has 6 atom stereocenters. The van der Waals surface area contributed by atoms with Gasteiger partial charge in [-0.3, -0.25) is 10.3 Å². The summed E-state index contributed by atoms with van der Waals surface area (Å²) < 4.78 is 27.4. The number of hydrogen-bond donors (Lipinski definition) is 4. The SMILES string of the molecule is CC(Nc1nc(-c2noc3c2CCCC32CCCc3sc(N)c(C#N)c32)nc2c1C(=N)OCC1CCC(C)(O)CN21)C1C(F)CCN1C. The molecule has 5 aliphatic rings. The van der Waals surface area contributed by atoms with Crippen molar-refractivity contribution in [3.05, 3.63) is 32.9 Å². The quantitative estimate of drug-likeness (QED) is 0.306. The highest BCUT2D eigenvalue weighted by Gasteiger charge is 2.49. The number of piperidine rings is 1. The Morgan fingerprint density at radius 3 is 2.77 bits per heavy atom. The number of halogens is 1. The van der Waals surface area contributed by atoms with Crippen LogP contribution in [-0.2, 0) is 23.0 Å². The van der Waals surface area contributed by atoms with E-state index in [4.69, 9.17) is 30.4 Å². The summed E-state index contributed by atoms with van der Waals surface area (Å²) in [6.07, 6.45) is 5.82. The third kappa shape index (κ3) is 4.80. The normalized spacial score (nSPS) is 30.5. The lowest BCUT2D eigenvalue weighted by molar-refractivity contribution is 0.0318. The number of likely N-dealkylation sites (N-methyl/N-ethyl adjacent to an activating group) is 1. The van der Waals surface area contributed by atoms with E-state index >= 15 is 4.39 Å². The summed E-state index contributed by atoms with van der Waals surface area (Å²) in [5, 5.41) is 39.0. The van der Waals surface area contributed by atoms with Crippen LogP contribution in [0.1, 0.15) is 91.7 Å². The summed E-state index contributed by atoms with van der Waals surface area (Å²) in [5.41, 5.74) is 8.28. The number of ether oxygens (including phenoxy) is 1. The number of nitriles is 1. The second-order valence-electron chi connectivity index (χ2n) is 14.6. The first-order valence-corrected chi connectivity index (χ1v) is 17.9. The first kappa shape index (κ1) is 31.5. The maximum Gasteiger partial charge on any atom is 0.220 e. The smallest absolute Gasteiger partial charge is 0.220 e. The fourth-order valence-electron chi connectivity index (χ4n) is 9.09. The van der Waals surface area contributed by atoms with Gasteiger partial charge in [0.05, 0.1) is 28.7 Å². The van der Waals surface area contributed by atoms with Crippen LogP contribution in [0.4, 0.5) is 21.0 Å². The van der Waals surface area contributed by atoms with E-state index in [0.717, 1.165) is 53.9 Å². The number of anilines is 3. The number of fused-ring (bicyclic) bond motifs is 7. The lowest BCUT2D eigenvalue weighted by Crippen LogP contribution is -2.53. The lowest BCUT2D eigenvalue weighted by Gasteiger charge is -2.42. The molecule has 0 saturated carbocycles. The topological polar surface area (TPSA) is 173 Å². The van der Waals surface area contributed by atoms with E-state index in [1.807, 2.05) is 30.7 Å². The predicted octanol–water partition coefficient (Wildman–Crippen LogP) is 4.52. The molecule has 254 valence electrons. The second-order valence-corrected chi connectivity index (χ2v) is 15.8. The summed E-state index contributed by atoms with van der Waals surface area (Å²) in [5.74, 6) is 1.88. The van der Waals surface area contributed by atoms with E-state index < -0.39 is 17.2 Å². The average molecular weight is 676 g/mol. The molecule has 0 aromatic carbocycles. The van der Waals surface area contributed by atoms with E-state index in [2.05, 4.69) is 16.5 Å². The third-order valence-electron chi connectivity index (χ3n) is 11.4. The zero-order valence-corrected chi connectivity index (χ0v) is 28.4. The Morgan fingerprint density at radius 1 is 1.23 bits per heavy atom. The van der Waals surface area contributed by atoms with Gasteiger partial charge in [-0.05, 0) is 84.2 Å². The number of aromatic nitrogens is 3. The molecular weight excluding hydrogens is 633 g/mol. The van der Waals surface area contributed by atoms with Crippen LogP contribution in [0.5, 0.6) is 0 Å². The standard InChI is InChI=1S/C34H42FN9O3S/c1-17(26-21(35)9-13-43(26)3)39-30-23-28(37)46-15-18-8-12-33(2,45)16-44(18)32(23)41-31(40-30)25-19-6-4-10-34(27(19)47-42-25)11-5-7-22-24(34)20(14-36)29(38)48-22/h17-18,21,26,37,45H,4-13,15-16,38H2,1-3H3,(H,39,40,41). The molecule has 6 heterocycles. The molecular formula is C34H42FN9O3S. The Bertz CT molecular complexity index is 1820. The number of hydrogen-bond acceptors (Lipinski definition) is 13. The molecule has 0 radical (unpaired) electrons. The van der Waals surface area contributed by atoms with Gasteiger partial charge in [0, 0.05) is 29.6 Å². The van der Waals surface area contributed by atoms with Crippen molar-refractivity contribution >= 4 is 33.9 Å². The van der Waals surface area contributed by atoms with Gasteiger partial charge in [-0.25, -0.2) is 14.4 Å². The van der Waals surface area contributed by atoms with Crippen LogP contribution in [0.2, 0.25) is 0 Å². The second kappa shape index (κ2) is 11.4. The van der Waals surface area contributed by atoms with Crippen molar-refractivity contribution in [3.8, 4) is 17.6 Å². The van der Waals surface area contributed by atoms with Crippen molar-refractivity contribution in [1.29, 1.82) is 10.7 Å². The first-order chi connectivity index (χ1) is 23.0. The number of nitrogens with zero attached hydrogens (tertiary/aromatic N) is 6. The Balaban J connectivity index is 1.29. The zero-order valence-electron chi connectivity index (χ0n) is 27.6. The molecule has 6 unspecified atom stereocenters. The van der Waals surface area contributed by atoms with E-state index in [9.17, 15) is 10.4 Å². The number of aryl methyl sites for hydroxylation is 1. The molecule has 2 saturated heterocycles. The Morgan fingerprint density at radius 2 is 2.02 bits per heavy atom. The molecule has 3 aliphatic heterocycles. The van der Waals surface area contributed by atoms with Gasteiger partial charge < -0.3 is 30.3 Å². The average Bonchev–Trinajstić information content (AvgIpc) is 3.71. The van der Waals surface area contributed by atoms with Crippen molar-refractivity contribution in [2.24, 2.45) is 0 Å². The van der Waals surface area contributed by atoms with E-state index in [1.165, 1.54) is 11.3 Å². The van der Waals surface area contributed by atoms with Crippen LogP contribution >= 0.6 is 11.3 Å². The number of likely N-dealkylation sites (tertiary alicyclic amines) is 1. The maximum absolute atomic E-state index is 15.1. The Hall–Kier alpha value is -3.80. The molecule has 12 nitrogen and oxygen atoms in total. The summed E-state index contributed by atoms with van der Waals surface area (Å²) >= 11 is 1.51. The zero-order chi connectivity index (χ0) is 33.5. The van der Waals surface area contributed by atoms with Gasteiger partial charge in [0.25, 0.3) is 0 Å². The number of nitrogens with one attached hydrogen (secondary N) is 2. The molecule has 2 fully saturated rings. The highest BCUT2D eigenvalue weighted by molar-refractivity contribution is 7.16. The number of aliphatic hydroxyl groups is 1. The van der Waals surface area contributed by atoms with Gasteiger partial charge in [0.2, 0.25) is 5.90 Å². The predicted molar refractivity (Wildman–Crippen MR) is 180 cm³/mol. The highest BCUT2D eigenvalue weighted by Crippen LogP contribution is 2.55. The summed E-state index contributed by atoms with van der Waals surface area (Å²) in [6.45, 7) is 5.00. The highest BCUT2D eigenvalue weighted by atomic mass is 32.1. The number of nitrogen functional groups attached to an aromatic ring is 1. The molecule has 48 heavy (non-hydrogen) atoms. The lowest BCUT2D eigenvalue weighted by atomic mass is 9.63. The summed E-state index contributed by atoms with van der Waals surface area (Å²) in [6, 6.07) is 1.55. The van der Waals surface area contributed by atoms with Gasteiger partial charge in [-0.1, -0.05) is 5.16 Å². The van der Waals surface area contributed by atoms with Crippen molar-refractivity contribution < 1.29 is 18.8 Å². The van der Waals surface area contributed by atoms with Gasteiger partial charge in [-0.15, -0.1) is 11.3 Å². The number of nitrogens with two attached hydrogens (primary N) is 1. The van der Waals surface area contributed by atoms with E-state index in [1.54, 1.807) is 0 Å². The largest absolute Gasteiger partial charge is 0.475 e. The fraction of sp³-hybridized carbons (Fsp3) is 0.618. The minimum atomic E-state index is -1.00. The van der Waals surface area contributed by atoms with Crippen molar-refractivity contribution in [2.75, 3.05) is 42.7 Å². The minimum Gasteiger partial charge on any atom is -0.475 e. The third-order valence-corrected chi connectivity index (χ3v) is 12.4. The molecule has 2 aliphatic carbocycles. The number of thiophene rings is 1. The molecule has 0 bridgehead atoms. The molecule has 5 N–H and O–H groups in total. The molecule has 1 spiro atoms. The molecule has 3 aromatic rings. The molecule has 0 amide bonds. The summed E-state index contributed by atoms with van der Waals surface area (Å²) in [4.78, 5) is 15.3. The Kier molecular flexibility index (Phi) is 7.46. The molecule has 3 aromatic heterocycles. The maximum atomic E-state index is 15.1. The fourth-order valence-corrected chi connectivity index (χ4v) is 10.3. The van der Waals surface area contributed by atoms with Crippen molar-refractivity contribution in [2.45, 2.75) is 107 Å². The van der Waals surface area contributed by atoms with Gasteiger partial charge >= 0.3 is 0 Å². The van der Waals surface area contributed by atoms with Crippen LogP contribution in [0.15, 0.2) is 4.52 Å². The molecule has 8 rings (SSSR count). The summed E-state index contributed by atoms with van der Waals surface area (Å²) in [7, 11) is 1.92. The van der Waals surface area contributed by atoms with Crippen LogP contribution in [0, 0.1) is 16.7 Å². The van der Waals surface area contributed by atoms with Gasteiger partial charge in [0.1, 0.15) is 41.0 Å². The van der Waals surface area contributed by atoms with Crippen LogP contribution in [0.3, 0.4) is 0 Å². The van der Waals surface area contributed by atoms with Gasteiger partial charge in [0.15, 0.2) is 17.3 Å². The van der Waals surface area contributed by atoms with Crippen LogP contribution in [-0.4, -0.2) is 87.7 Å². The van der Waals surface area contributed by atoms with Crippen molar-refractivity contribution in [1.82, 2.24) is 20.0 Å². The number of rotatable bonds is 4. The minimum absolute atomic E-state index is 0.0631. The van der Waals surface area contributed by atoms with Gasteiger partial charge in [-0.2, -0.15) is 5.26 Å². The van der Waals surface area contributed by atoms with E-state index in [0.29, 0.717) is 78.1 Å². The van der Waals surface area contributed by atoms with Crippen LogP contribution in [0.25, 0.3) is 11.5 Å². The molecule has 14 heteroatoms.